The number of rotatable bonds is 8. The molecule has 2 N–H and O–H groups in total. The third-order valence-corrected chi connectivity index (χ3v) is 3.58. The van der Waals surface area contributed by atoms with Crippen molar-refractivity contribution in [2.75, 3.05) is 6.61 Å². The van der Waals surface area contributed by atoms with Gasteiger partial charge in [-0.3, -0.25) is 4.79 Å². The predicted molar refractivity (Wildman–Crippen MR) is 100.0 cm³/mol. The number of ether oxygens (including phenoxy) is 2. The van der Waals surface area contributed by atoms with Crippen LogP contribution in [0.2, 0.25) is 10.3 Å². The molecule has 0 bridgehead atoms. The summed E-state index contributed by atoms with van der Waals surface area (Å²) in [5, 5.41) is 0.485. The van der Waals surface area contributed by atoms with Crippen molar-refractivity contribution in [3.63, 3.8) is 0 Å². The molecule has 2 rings (SSSR count). The van der Waals surface area contributed by atoms with Crippen molar-refractivity contribution in [2.24, 2.45) is 5.73 Å². The lowest BCUT2D eigenvalue weighted by molar-refractivity contribution is -0.147. The molecule has 0 aliphatic carbocycles. The second kappa shape index (κ2) is 11.3. The molecule has 136 valence electrons. The van der Waals surface area contributed by atoms with Gasteiger partial charge in [0, 0.05) is 6.61 Å². The zero-order valence-electron chi connectivity index (χ0n) is 13.4. The van der Waals surface area contributed by atoms with Gasteiger partial charge in [0.05, 0.1) is 6.61 Å². The minimum atomic E-state index is -0.742. The van der Waals surface area contributed by atoms with E-state index >= 15 is 0 Å². The minimum Gasteiger partial charge on any atom is -0.460 e. The zero-order chi connectivity index (χ0) is 17.4. The molecule has 1 aromatic heterocycles. The van der Waals surface area contributed by atoms with Gasteiger partial charge in [-0.2, -0.15) is 0 Å². The van der Waals surface area contributed by atoms with Crippen LogP contribution in [0.15, 0.2) is 42.5 Å². The second-order valence-corrected chi connectivity index (χ2v) is 5.94. The van der Waals surface area contributed by atoms with Crippen molar-refractivity contribution in [3.8, 4) is 0 Å². The van der Waals surface area contributed by atoms with E-state index in [9.17, 15) is 4.79 Å². The number of halogens is 3. The first kappa shape index (κ1) is 21.7. The van der Waals surface area contributed by atoms with Crippen molar-refractivity contribution in [1.82, 2.24) is 4.98 Å². The van der Waals surface area contributed by atoms with Gasteiger partial charge in [0.1, 0.15) is 23.0 Å². The van der Waals surface area contributed by atoms with Crippen LogP contribution in [0, 0.1) is 0 Å². The number of aromatic nitrogens is 1. The van der Waals surface area contributed by atoms with Gasteiger partial charge in [0.2, 0.25) is 0 Å². The third kappa shape index (κ3) is 8.03. The van der Waals surface area contributed by atoms with Crippen molar-refractivity contribution >= 4 is 41.6 Å². The number of carbonyl (C=O) groups is 1. The van der Waals surface area contributed by atoms with E-state index in [0.29, 0.717) is 25.2 Å². The monoisotopic (exact) mass is 404 g/mol. The van der Waals surface area contributed by atoms with Crippen LogP contribution in [-0.2, 0) is 27.5 Å². The smallest absolute Gasteiger partial charge is 0.323 e. The van der Waals surface area contributed by atoms with Gasteiger partial charge in [-0.05, 0) is 29.7 Å². The molecule has 0 fully saturated rings. The highest BCUT2D eigenvalue weighted by Gasteiger charge is 2.15. The Balaban J connectivity index is 0.00000312. The largest absolute Gasteiger partial charge is 0.460 e. The maximum absolute atomic E-state index is 11.9. The molecule has 0 spiro atoms. The van der Waals surface area contributed by atoms with Gasteiger partial charge in [0.25, 0.3) is 0 Å². The van der Waals surface area contributed by atoms with Gasteiger partial charge in [-0.25, -0.2) is 4.98 Å². The Labute approximate surface area is 162 Å². The highest BCUT2D eigenvalue weighted by atomic mass is 35.5. The number of carbonyl (C=O) groups excluding carboxylic acids is 1. The fourth-order valence-corrected chi connectivity index (χ4v) is 2.46. The van der Waals surface area contributed by atoms with E-state index in [4.69, 9.17) is 38.4 Å². The Morgan fingerprint density at radius 2 is 1.72 bits per heavy atom. The molecule has 1 aromatic carbocycles. The standard InChI is InChI=1S/C17H18Cl2N2O3.ClH/c18-15-8-13(9-16(19)21-15)11-24-17(22)14(20)6-7-23-10-12-4-2-1-3-5-12;/h1-5,8-9,14H,6-7,10-11,20H2;1H/t14-;/m0./s1. The quantitative estimate of drug-likeness (QED) is 0.411. The topological polar surface area (TPSA) is 74.4 Å². The van der Waals surface area contributed by atoms with Crippen LogP contribution >= 0.6 is 35.6 Å². The Kier molecular flexibility index (Phi) is 9.78. The van der Waals surface area contributed by atoms with Crippen molar-refractivity contribution in [1.29, 1.82) is 0 Å². The van der Waals surface area contributed by atoms with Crippen LogP contribution in [0.4, 0.5) is 0 Å². The molecule has 0 saturated heterocycles. The molecule has 0 radical (unpaired) electrons. The summed E-state index contributed by atoms with van der Waals surface area (Å²) in [5.41, 5.74) is 7.52. The summed E-state index contributed by atoms with van der Waals surface area (Å²) in [6.45, 7) is 0.897. The van der Waals surface area contributed by atoms with Gasteiger partial charge >= 0.3 is 5.97 Å². The Morgan fingerprint density at radius 1 is 1.08 bits per heavy atom. The maximum atomic E-state index is 11.9. The fraction of sp³-hybridized carbons (Fsp3) is 0.294. The molecule has 25 heavy (non-hydrogen) atoms. The number of hydrogen-bond donors (Lipinski definition) is 1. The van der Waals surface area contributed by atoms with Crippen molar-refractivity contribution in [3.05, 3.63) is 63.9 Å². The van der Waals surface area contributed by atoms with Gasteiger partial charge < -0.3 is 15.2 Å². The molecule has 0 amide bonds. The molecular formula is C17H19Cl3N2O3. The number of nitrogens with two attached hydrogens (primary N) is 1. The van der Waals surface area contributed by atoms with E-state index in [1.165, 1.54) is 0 Å². The molecule has 0 unspecified atom stereocenters. The second-order valence-electron chi connectivity index (χ2n) is 5.16. The SMILES string of the molecule is Cl.N[C@@H](CCOCc1ccccc1)C(=O)OCc1cc(Cl)nc(Cl)c1. The minimum absolute atomic E-state index is 0. The number of hydrogen-bond acceptors (Lipinski definition) is 5. The molecule has 2 aromatic rings. The summed E-state index contributed by atoms with van der Waals surface area (Å²) in [6.07, 6.45) is 0.378. The summed E-state index contributed by atoms with van der Waals surface area (Å²) in [5.74, 6) is -0.498. The average molecular weight is 406 g/mol. The third-order valence-electron chi connectivity index (χ3n) is 3.19. The van der Waals surface area contributed by atoms with Crippen LogP contribution in [0.25, 0.3) is 0 Å². The maximum Gasteiger partial charge on any atom is 0.323 e. The van der Waals surface area contributed by atoms with E-state index in [1.54, 1.807) is 12.1 Å². The molecule has 5 nitrogen and oxygen atoms in total. The summed E-state index contributed by atoms with van der Waals surface area (Å²) in [7, 11) is 0. The molecule has 0 aliphatic rings. The van der Waals surface area contributed by atoms with Crippen molar-refractivity contribution in [2.45, 2.75) is 25.7 Å². The summed E-state index contributed by atoms with van der Waals surface area (Å²) in [4.78, 5) is 15.7. The molecule has 8 heteroatoms. The van der Waals surface area contributed by atoms with Crippen LogP contribution in [0.3, 0.4) is 0 Å². The number of nitrogens with zero attached hydrogens (tertiary/aromatic N) is 1. The van der Waals surface area contributed by atoms with E-state index < -0.39 is 12.0 Å². The van der Waals surface area contributed by atoms with Crippen LogP contribution in [0.1, 0.15) is 17.5 Å². The normalized spacial score (nSPS) is 11.5. The lowest BCUT2D eigenvalue weighted by Crippen LogP contribution is -2.33. The van der Waals surface area contributed by atoms with Crippen LogP contribution < -0.4 is 5.73 Å². The number of esters is 1. The highest BCUT2D eigenvalue weighted by molar-refractivity contribution is 6.32. The first-order chi connectivity index (χ1) is 11.5. The first-order valence-electron chi connectivity index (χ1n) is 7.40. The van der Waals surface area contributed by atoms with Crippen LogP contribution in [0.5, 0.6) is 0 Å². The van der Waals surface area contributed by atoms with Crippen molar-refractivity contribution < 1.29 is 14.3 Å². The lowest BCUT2D eigenvalue weighted by Gasteiger charge is -2.12. The highest BCUT2D eigenvalue weighted by Crippen LogP contribution is 2.15. The fourth-order valence-electron chi connectivity index (χ4n) is 1.95. The van der Waals surface area contributed by atoms with Gasteiger partial charge in [-0.1, -0.05) is 53.5 Å². The average Bonchev–Trinajstić information content (AvgIpc) is 2.56. The Hall–Kier alpha value is -1.37. The van der Waals surface area contributed by atoms with Gasteiger partial charge in [-0.15, -0.1) is 12.4 Å². The van der Waals surface area contributed by atoms with E-state index in [2.05, 4.69) is 4.98 Å². The number of pyridine rings is 1. The van der Waals surface area contributed by atoms with E-state index in [1.807, 2.05) is 30.3 Å². The lowest BCUT2D eigenvalue weighted by atomic mass is 10.2. The zero-order valence-corrected chi connectivity index (χ0v) is 15.7. The Bertz CT molecular complexity index is 651. The van der Waals surface area contributed by atoms with Gasteiger partial charge in [0.15, 0.2) is 0 Å². The summed E-state index contributed by atoms with van der Waals surface area (Å²) in [6, 6.07) is 12.2. The molecule has 1 atom stereocenters. The predicted octanol–water partition coefficient (Wildman–Crippen LogP) is 3.79. The molecular weight excluding hydrogens is 387 g/mol. The van der Waals surface area contributed by atoms with Crippen LogP contribution in [-0.4, -0.2) is 23.6 Å². The Morgan fingerprint density at radius 3 is 2.36 bits per heavy atom. The summed E-state index contributed by atoms with van der Waals surface area (Å²) < 4.78 is 10.7. The van der Waals surface area contributed by atoms with E-state index in [0.717, 1.165) is 5.56 Å². The molecule has 0 aliphatic heterocycles. The van der Waals surface area contributed by atoms with E-state index in [-0.39, 0.29) is 29.3 Å². The number of benzene rings is 1. The first-order valence-corrected chi connectivity index (χ1v) is 8.16. The molecule has 1 heterocycles. The summed E-state index contributed by atoms with van der Waals surface area (Å²) >= 11 is 11.6. The molecule has 0 saturated carbocycles.